The van der Waals surface area contributed by atoms with Gasteiger partial charge in [0.25, 0.3) is 0 Å². The molecule has 0 aromatic heterocycles. The molecule has 3 aromatic rings. The second-order valence-corrected chi connectivity index (χ2v) is 6.80. The van der Waals surface area contributed by atoms with E-state index in [1.54, 1.807) is 38.1 Å². The van der Waals surface area contributed by atoms with E-state index in [2.05, 4.69) is 6.07 Å². The molecule has 4 heteroatoms. The highest BCUT2D eigenvalue weighted by Crippen LogP contribution is 2.35. The Hall–Kier alpha value is -2.85. The fourth-order valence-corrected chi connectivity index (χ4v) is 2.88. The van der Waals surface area contributed by atoms with E-state index in [4.69, 9.17) is 9.47 Å². The van der Waals surface area contributed by atoms with Gasteiger partial charge in [0.05, 0.1) is 18.6 Å². The van der Waals surface area contributed by atoms with Gasteiger partial charge in [-0.2, -0.15) is 0 Å². The predicted octanol–water partition coefficient (Wildman–Crippen LogP) is 4.86. The van der Waals surface area contributed by atoms with Crippen LogP contribution in [0.2, 0.25) is 0 Å². The summed E-state index contributed by atoms with van der Waals surface area (Å²) in [6, 6.07) is 21.1. The first kappa shape index (κ1) is 18.0. The van der Waals surface area contributed by atoms with Gasteiger partial charge in [0.2, 0.25) is 0 Å². The SMILES string of the molecule is COC(=O)C(C)(C)C(O)c1ccc(Oc2ccc3ccccc3c2)cc1. The molecular formula is C22H22O4. The molecule has 0 radical (unpaired) electrons. The molecule has 1 unspecified atom stereocenters. The van der Waals surface area contributed by atoms with Gasteiger partial charge in [-0.3, -0.25) is 4.79 Å². The summed E-state index contributed by atoms with van der Waals surface area (Å²) in [5.41, 5.74) is -0.401. The van der Waals surface area contributed by atoms with Crippen LogP contribution in [-0.2, 0) is 9.53 Å². The Labute approximate surface area is 153 Å². The summed E-state index contributed by atoms with van der Waals surface area (Å²) < 4.78 is 10.7. The number of ether oxygens (including phenoxy) is 2. The van der Waals surface area contributed by atoms with Gasteiger partial charge in [-0.25, -0.2) is 0 Å². The monoisotopic (exact) mass is 350 g/mol. The van der Waals surface area contributed by atoms with Crippen molar-refractivity contribution in [1.82, 2.24) is 0 Å². The van der Waals surface area contributed by atoms with E-state index in [-0.39, 0.29) is 0 Å². The molecule has 1 N–H and O–H groups in total. The molecule has 3 rings (SSSR count). The summed E-state index contributed by atoms with van der Waals surface area (Å²) >= 11 is 0. The maximum absolute atomic E-state index is 11.9. The lowest BCUT2D eigenvalue weighted by Gasteiger charge is -2.27. The van der Waals surface area contributed by atoms with Crippen molar-refractivity contribution >= 4 is 16.7 Å². The fourth-order valence-electron chi connectivity index (χ4n) is 2.88. The Balaban J connectivity index is 1.77. The summed E-state index contributed by atoms with van der Waals surface area (Å²) in [5.74, 6) is 0.945. The van der Waals surface area contributed by atoms with Gasteiger partial charge in [-0.15, -0.1) is 0 Å². The summed E-state index contributed by atoms with van der Waals surface area (Å²) in [6.07, 6.45) is -0.968. The maximum Gasteiger partial charge on any atom is 0.314 e. The summed E-state index contributed by atoms with van der Waals surface area (Å²) in [4.78, 5) is 11.9. The summed E-state index contributed by atoms with van der Waals surface area (Å²) in [7, 11) is 1.32. The molecule has 0 fully saturated rings. The molecule has 0 saturated heterocycles. The van der Waals surface area contributed by atoms with E-state index in [1.807, 2.05) is 36.4 Å². The molecule has 0 aliphatic heterocycles. The number of aliphatic hydroxyl groups excluding tert-OH is 1. The number of carbonyl (C=O) groups excluding carboxylic acids is 1. The minimum atomic E-state index is -1.03. The van der Waals surface area contributed by atoms with Crippen molar-refractivity contribution in [3.8, 4) is 11.5 Å². The van der Waals surface area contributed by atoms with Crippen LogP contribution in [0.15, 0.2) is 66.7 Å². The zero-order valence-electron chi connectivity index (χ0n) is 15.1. The minimum absolute atomic E-state index is 0.457. The van der Waals surface area contributed by atoms with Crippen LogP contribution in [-0.4, -0.2) is 18.2 Å². The van der Waals surface area contributed by atoms with Gasteiger partial charge in [0, 0.05) is 0 Å². The minimum Gasteiger partial charge on any atom is -0.469 e. The maximum atomic E-state index is 11.9. The molecule has 0 amide bonds. The third kappa shape index (κ3) is 3.55. The summed E-state index contributed by atoms with van der Waals surface area (Å²) in [5, 5.41) is 12.8. The van der Waals surface area contributed by atoms with Crippen LogP contribution in [0.25, 0.3) is 10.8 Å². The first-order valence-corrected chi connectivity index (χ1v) is 8.45. The molecule has 0 aliphatic carbocycles. The third-order valence-electron chi connectivity index (χ3n) is 4.55. The van der Waals surface area contributed by atoms with Crippen LogP contribution in [0.1, 0.15) is 25.5 Å². The largest absolute Gasteiger partial charge is 0.469 e. The van der Waals surface area contributed by atoms with Gasteiger partial charge in [-0.1, -0.05) is 42.5 Å². The van der Waals surface area contributed by atoms with E-state index >= 15 is 0 Å². The highest BCUT2D eigenvalue weighted by molar-refractivity contribution is 5.83. The Morgan fingerprint density at radius 3 is 2.19 bits per heavy atom. The fraction of sp³-hybridized carbons (Fsp3) is 0.227. The van der Waals surface area contributed by atoms with Crippen molar-refractivity contribution in [3.63, 3.8) is 0 Å². The van der Waals surface area contributed by atoms with Gasteiger partial charge < -0.3 is 14.6 Å². The number of carbonyl (C=O) groups is 1. The normalized spacial score (nSPS) is 12.6. The Morgan fingerprint density at radius 1 is 0.923 bits per heavy atom. The lowest BCUT2D eigenvalue weighted by molar-refractivity contribution is -0.157. The predicted molar refractivity (Wildman–Crippen MR) is 101 cm³/mol. The molecular weight excluding hydrogens is 328 g/mol. The average molecular weight is 350 g/mol. The highest BCUT2D eigenvalue weighted by Gasteiger charge is 2.37. The summed E-state index contributed by atoms with van der Waals surface area (Å²) in [6.45, 7) is 3.31. The van der Waals surface area contributed by atoms with Gasteiger partial charge in [-0.05, 0) is 54.4 Å². The Kier molecular flexibility index (Phi) is 4.96. The van der Waals surface area contributed by atoms with E-state index < -0.39 is 17.5 Å². The van der Waals surface area contributed by atoms with Crippen molar-refractivity contribution in [2.24, 2.45) is 5.41 Å². The topological polar surface area (TPSA) is 55.8 Å². The van der Waals surface area contributed by atoms with Gasteiger partial charge in [0.1, 0.15) is 11.5 Å². The number of fused-ring (bicyclic) bond motifs is 1. The van der Waals surface area contributed by atoms with Crippen LogP contribution >= 0.6 is 0 Å². The van der Waals surface area contributed by atoms with Crippen LogP contribution in [0.3, 0.4) is 0 Å². The molecule has 4 nitrogen and oxygen atoms in total. The van der Waals surface area contributed by atoms with Crippen LogP contribution in [0, 0.1) is 5.41 Å². The Bertz CT molecular complexity index is 913. The standard InChI is InChI=1S/C22H22O4/c1-22(2,21(24)25-3)20(23)16-9-11-18(12-10-16)26-19-13-8-15-6-4-5-7-17(15)14-19/h4-14,20,23H,1-3H3. The van der Waals surface area contributed by atoms with Crippen molar-refractivity contribution in [3.05, 3.63) is 72.3 Å². The van der Waals surface area contributed by atoms with Crippen molar-refractivity contribution in [2.75, 3.05) is 7.11 Å². The molecule has 1 atom stereocenters. The number of hydrogen-bond acceptors (Lipinski definition) is 4. The van der Waals surface area contributed by atoms with E-state index in [0.717, 1.165) is 16.5 Å². The zero-order valence-corrected chi connectivity index (χ0v) is 15.1. The third-order valence-corrected chi connectivity index (χ3v) is 4.55. The van der Waals surface area contributed by atoms with E-state index in [9.17, 15) is 9.90 Å². The van der Waals surface area contributed by atoms with Gasteiger partial charge in [0.15, 0.2) is 0 Å². The van der Waals surface area contributed by atoms with E-state index in [0.29, 0.717) is 11.3 Å². The first-order chi connectivity index (χ1) is 12.4. The number of benzene rings is 3. The van der Waals surface area contributed by atoms with Crippen molar-refractivity contribution in [1.29, 1.82) is 0 Å². The molecule has 0 heterocycles. The first-order valence-electron chi connectivity index (χ1n) is 8.45. The Morgan fingerprint density at radius 2 is 1.54 bits per heavy atom. The smallest absolute Gasteiger partial charge is 0.314 e. The molecule has 26 heavy (non-hydrogen) atoms. The molecule has 0 saturated carbocycles. The second-order valence-electron chi connectivity index (χ2n) is 6.80. The zero-order chi connectivity index (χ0) is 18.7. The van der Waals surface area contributed by atoms with E-state index in [1.165, 1.54) is 7.11 Å². The number of methoxy groups -OCH3 is 1. The quantitative estimate of drug-likeness (QED) is 0.667. The number of esters is 1. The number of aliphatic hydroxyl groups is 1. The lowest BCUT2D eigenvalue weighted by Crippen LogP contribution is -2.32. The molecule has 0 bridgehead atoms. The average Bonchev–Trinajstić information content (AvgIpc) is 2.67. The van der Waals surface area contributed by atoms with Crippen molar-refractivity contribution < 1.29 is 19.4 Å². The highest BCUT2D eigenvalue weighted by atomic mass is 16.5. The molecule has 0 aliphatic rings. The molecule has 134 valence electrons. The van der Waals surface area contributed by atoms with Crippen molar-refractivity contribution in [2.45, 2.75) is 20.0 Å². The van der Waals surface area contributed by atoms with Crippen LogP contribution < -0.4 is 4.74 Å². The number of hydrogen-bond donors (Lipinski definition) is 1. The van der Waals surface area contributed by atoms with Crippen LogP contribution in [0.4, 0.5) is 0 Å². The lowest BCUT2D eigenvalue weighted by atomic mass is 9.83. The van der Waals surface area contributed by atoms with Gasteiger partial charge >= 0.3 is 5.97 Å². The second kappa shape index (κ2) is 7.18. The molecule has 0 spiro atoms. The number of rotatable bonds is 5. The van der Waals surface area contributed by atoms with Crippen LogP contribution in [0.5, 0.6) is 11.5 Å². The molecule has 3 aromatic carbocycles.